The van der Waals surface area contributed by atoms with Gasteiger partial charge in [-0.2, -0.15) is 0 Å². The fourth-order valence-electron chi connectivity index (χ4n) is 8.17. The minimum atomic E-state index is 0.698. The van der Waals surface area contributed by atoms with Gasteiger partial charge in [0.05, 0.1) is 22.4 Å². The largest absolute Gasteiger partial charge is 0.309 e. The fraction of sp³-hybridized carbons (Fsp3) is 0.0980. The minimum absolute atomic E-state index is 0.698. The van der Waals surface area contributed by atoms with Crippen LogP contribution in [0.25, 0.3) is 92.7 Å². The van der Waals surface area contributed by atoms with E-state index in [1.165, 1.54) is 63.9 Å². The van der Waals surface area contributed by atoms with Crippen molar-refractivity contribution in [1.29, 1.82) is 0 Å². The molecule has 0 aliphatic rings. The summed E-state index contributed by atoms with van der Waals surface area (Å²) in [5.41, 5.74) is 11.0. The van der Waals surface area contributed by atoms with E-state index in [9.17, 15) is 0 Å². The lowest BCUT2D eigenvalue weighted by molar-refractivity contribution is 1.13. The predicted molar refractivity (Wildman–Crippen MR) is 239 cm³/mol. The summed E-state index contributed by atoms with van der Waals surface area (Å²) >= 11 is 1.88. The van der Waals surface area contributed by atoms with Gasteiger partial charge < -0.3 is 4.57 Å². The average molecular weight is 728 g/mol. The number of benzene rings is 6. The summed E-state index contributed by atoms with van der Waals surface area (Å²) in [4.78, 5) is 10.2. The maximum Gasteiger partial charge on any atom is 0.160 e. The third kappa shape index (κ3) is 5.81. The van der Waals surface area contributed by atoms with Crippen molar-refractivity contribution in [3.05, 3.63) is 175 Å². The number of hydrogen-bond acceptors (Lipinski definition) is 3. The minimum Gasteiger partial charge on any atom is -0.309 e. The highest BCUT2D eigenvalue weighted by Gasteiger charge is 2.24. The second-order valence-corrected chi connectivity index (χ2v) is 14.9. The van der Waals surface area contributed by atoms with E-state index in [2.05, 4.69) is 146 Å². The van der Waals surface area contributed by atoms with Crippen LogP contribution in [0.2, 0.25) is 0 Å². The molecule has 0 aliphatic heterocycles. The molecular weight excluding hydrogens is 687 g/mol. The van der Waals surface area contributed by atoms with Crippen molar-refractivity contribution in [2.75, 3.05) is 0 Å². The highest BCUT2D eigenvalue weighted by molar-refractivity contribution is 7.26. The maximum absolute atomic E-state index is 5.13. The first-order chi connectivity index (χ1) is 27.1. The zero-order valence-electron chi connectivity index (χ0n) is 31.4. The highest BCUT2D eigenvalue weighted by atomic mass is 32.1. The Morgan fingerprint density at radius 1 is 0.727 bits per heavy atom. The molecule has 0 saturated heterocycles. The van der Waals surface area contributed by atoms with E-state index in [4.69, 9.17) is 9.97 Å². The van der Waals surface area contributed by atoms with Crippen molar-refractivity contribution in [2.45, 2.75) is 33.6 Å². The summed E-state index contributed by atoms with van der Waals surface area (Å²) in [6, 6.07) is 43.8. The van der Waals surface area contributed by atoms with Gasteiger partial charge in [0.1, 0.15) is 0 Å². The van der Waals surface area contributed by atoms with Crippen LogP contribution in [-0.2, 0) is 6.42 Å². The van der Waals surface area contributed by atoms with Gasteiger partial charge >= 0.3 is 0 Å². The second-order valence-electron chi connectivity index (χ2n) is 13.8. The molecule has 0 atom stereocenters. The predicted octanol–water partition coefficient (Wildman–Crippen LogP) is 14.6. The molecule has 0 aliphatic carbocycles. The van der Waals surface area contributed by atoms with Gasteiger partial charge in [-0.3, -0.25) is 0 Å². The summed E-state index contributed by atoms with van der Waals surface area (Å²) in [6.45, 7) is 10.4. The van der Waals surface area contributed by atoms with E-state index >= 15 is 0 Å². The van der Waals surface area contributed by atoms with Gasteiger partial charge in [0.15, 0.2) is 5.82 Å². The van der Waals surface area contributed by atoms with Crippen LogP contribution in [0, 0.1) is 0 Å². The molecule has 3 nitrogen and oxygen atoms in total. The van der Waals surface area contributed by atoms with Crippen LogP contribution in [0.5, 0.6) is 0 Å². The number of fused-ring (bicyclic) bond motifs is 9. The van der Waals surface area contributed by atoms with Crippen molar-refractivity contribution < 1.29 is 0 Å². The number of nitrogens with zero attached hydrogens (tertiary/aromatic N) is 3. The Morgan fingerprint density at radius 3 is 2.22 bits per heavy atom. The van der Waals surface area contributed by atoms with E-state index in [0.717, 1.165) is 46.6 Å². The van der Waals surface area contributed by atoms with Crippen LogP contribution in [-0.4, -0.2) is 14.5 Å². The first kappa shape index (κ1) is 34.4. The van der Waals surface area contributed by atoms with Gasteiger partial charge in [-0.1, -0.05) is 142 Å². The fourth-order valence-corrected chi connectivity index (χ4v) is 9.29. The number of aryl methyl sites for hydroxylation is 1. The normalized spacial score (nSPS) is 12.5. The smallest absolute Gasteiger partial charge is 0.160 e. The molecule has 0 N–H and O–H groups in total. The lowest BCUT2D eigenvalue weighted by atomic mass is 9.91. The Morgan fingerprint density at radius 2 is 1.47 bits per heavy atom. The van der Waals surface area contributed by atoms with Crippen molar-refractivity contribution in [1.82, 2.24) is 14.5 Å². The van der Waals surface area contributed by atoms with Crippen LogP contribution in [0.3, 0.4) is 0 Å². The number of hydrogen-bond donors (Lipinski definition) is 0. The second kappa shape index (κ2) is 14.5. The zero-order valence-corrected chi connectivity index (χ0v) is 32.2. The number of aromatic nitrogens is 3. The quantitative estimate of drug-likeness (QED) is 0.139. The molecule has 4 heteroatoms. The standard InChI is InChI=1S/C51H41N3S/c1-5-9-18-33(7-3)42-32-43(53-51(52-42)35-19-12-11-13-20-35)34-26-28-36(29-27-34)54-44-30-31-46-47(41-24-16-17-25-45(41)55-46)49(44)48-39-23-15-14-22-38(39)37(8-4)40(50(48)54)21-10-6-2/h5,7,9-32H,1,6,8H2,2-4H3/b18-9-,21-10-,33-7+. The molecule has 9 aromatic rings. The first-order valence-corrected chi connectivity index (χ1v) is 19.9. The zero-order chi connectivity index (χ0) is 37.5. The molecule has 266 valence electrons. The molecule has 0 amide bonds. The molecule has 0 unspecified atom stereocenters. The Kier molecular flexibility index (Phi) is 9.05. The average Bonchev–Trinajstić information content (AvgIpc) is 3.79. The molecule has 0 fully saturated rings. The lowest BCUT2D eigenvalue weighted by Crippen LogP contribution is -2.00. The SMILES string of the molecule is C=C/C=C\C(=C/C)c1cc(-c2ccc(-n3c4ccc5sc6ccccc6c5c4c4c5ccccc5c(CC)c(/C=C\CC)c43)cc2)nc(-c2ccccc2)n1. The van der Waals surface area contributed by atoms with E-state index in [1.54, 1.807) is 6.08 Å². The van der Waals surface area contributed by atoms with Crippen molar-refractivity contribution in [2.24, 2.45) is 0 Å². The van der Waals surface area contributed by atoms with Crippen LogP contribution in [0.1, 0.15) is 44.0 Å². The monoisotopic (exact) mass is 727 g/mol. The molecule has 0 bridgehead atoms. The maximum atomic E-state index is 5.13. The lowest BCUT2D eigenvalue weighted by Gasteiger charge is -2.16. The molecule has 0 spiro atoms. The van der Waals surface area contributed by atoms with Gasteiger partial charge in [-0.05, 0) is 78.1 Å². The van der Waals surface area contributed by atoms with E-state index in [0.29, 0.717) is 5.82 Å². The Balaban J connectivity index is 1.33. The molecule has 0 radical (unpaired) electrons. The Bertz CT molecular complexity index is 3010. The number of rotatable bonds is 9. The van der Waals surface area contributed by atoms with Crippen LogP contribution < -0.4 is 0 Å². The van der Waals surface area contributed by atoms with Crippen LogP contribution in [0.4, 0.5) is 0 Å². The molecular formula is C51H41N3S. The molecule has 6 aromatic carbocycles. The van der Waals surface area contributed by atoms with Crippen LogP contribution in [0.15, 0.2) is 158 Å². The van der Waals surface area contributed by atoms with E-state index < -0.39 is 0 Å². The summed E-state index contributed by atoms with van der Waals surface area (Å²) in [6.07, 6.45) is 14.5. The molecule has 9 rings (SSSR count). The van der Waals surface area contributed by atoms with Crippen molar-refractivity contribution in [3.63, 3.8) is 0 Å². The third-order valence-electron chi connectivity index (χ3n) is 10.6. The third-order valence-corrected chi connectivity index (χ3v) is 11.8. The number of allylic oxidation sites excluding steroid dienone is 6. The van der Waals surface area contributed by atoms with Crippen molar-refractivity contribution >= 4 is 75.7 Å². The van der Waals surface area contributed by atoms with Gasteiger partial charge in [0, 0.05) is 53.3 Å². The van der Waals surface area contributed by atoms with Gasteiger partial charge in [-0.25, -0.2) is 9.97 Å². The summed E-state index contributed by atoms with van der Waals surface area (Å²) < 4.78 is 5.14. The Labute approximate surface area is 325 Å². The molecule has 55 heavy (non-hydrogen) atoms. The topological polar surface area (TPSA) is 30.7 Å². The first-order valence-electron chi connectivity index (χ1n) is 19.1. The summed E-state index contributed by atoms with van der Waals surface area (Å²) in [5.74, 6) is 0.698. The summed E-state index contributed by atoms with van der Waals surface area (Å²) in [5, 5.41) is 7.92. The summed E-state index contributed by atoms with van der Waals surface area (Å²) in [7, 11) is 0. The van der Waals surface area contributed by atoms with Gasteiger partial charge in [0.2, 0.25) is 0 Å². The van der Waals surface area contributed by atoms with E-state index in [-0.39, 0.29) is 0 Å². The van der Waals surface area contributed by atoms with Gasteiger partial charge in [0.25, 0.3) is 0 Å². The number of thiophene rings is 1. The van der Waals surface area contributed by atoms with E-state index in [1.807, 2.05) is 48.6 Å². The highest BCUT2D eigenvalue weighted by Crippen LogP contribution is 2.47. The molecule has 0 saturated carbocycles. The van der Waals surface area contributed by atoms with Gasteiger partial charge in [-0.15, -0.1) is 11.3 Å². The molecule has 3 heterocycles. The molecule has 3 aromatic heterocycles. The van der Waals surface area contributed by atoms with Crippen molar-refractivity contribution in [3.8, 4) is 28.3 Å². The Hall–Kier alpha value is -6.36. The van der Waals surface area contributed by atoms with Crippen LogP contribution >= 0.6 is 11.3 Å².